The molecule has 0 amide bonds. The number of imidazole rings is 1. The van der Waals surface area contributed by atoms with Crippen molar-refractivity contribution in [1.29, 1.82) is 0 Å². The first kappa shape index (κ1) is 22.5. The second-order valence-electron chi connectivity index (χ2n) is 7.89. The minimum atomic E-state index is -1.34. The molecule has 0 spiro atoms. The Hall–Kier alpha value is -3.24. The van der Waals surface area contributed by atoms with Crippen LogP contribution in [0.4, 0.5) is 5.82 Å². The van der Waals surface area contributed by atoms with E-state index in [9.17, 15) is 20.1 Å². The van der Waals surface area contributed by atoms with Crippen molar-refractivity contribution in [3.8, 4) is 11.5 Å². The molecule has 0 bridgehead atoms. The lowest BCUT2D eigenvalue weighted by Crippen LogP contribution is -2.33. The van der Waals surface area contributed by atoms with Crippen LogP contribution in [0.3, 0.4) is 0 Å². The van der Waals surface area contributed by atoms with Crippen LogP contribution in [0, 0.1) is 0 Å². The van der Waals surface area contributed by atoms with Gasteiger partial charge in [0.05, 0.1) is 32.2 Å². The minimum absolute atomic E-state index is 0.0214. The summed E-state index contributed by atoms with van der Waals surface area (Å²) in [6, 6.07) is -0.0214. The summed E-state index contributed by atoms with van der Waals surface area (Å²) in [4.78, 5) is 25.8. The van der Waals surface area contributed by atoms with Crippen LogP contribution >= 0.6 is 0 Å². The molecule has 0 aliphatic carbocycles. The van der Waals surface area contributed by atoms with Crippen molar-refractivity contribution in [2.24, 2.45) is 0 Å². The van der Waals surface area contributed by atoms with Crippen LogP contribution in [0.1, 0.15) is 30.1 Å². The molecule has 2 aliphatic rings. The SMILES string of the molecule is CCOC(=O)c1n[nH]nc1-c1nc(N[C@@H]2CCOC2)c2ncn(C3OC(CO)C(O)C3O)c2n1. The number of rotatable bonds is 7. The average Bonchev–Trinajstić information content (AvgIpc) is 3.62. The van der Waals surface area contributed by atoms with Crippen LogP contribution in [0.15, 0.2) is 6.33 Å². The van der Waals surface area contributed by atoms with Gasteiger partial charge in [-0.1, -0.05) is 0 Å². The molecule has 0 aromatic carbocycles. The van der Waals surface area contributed by atoms with Crippen molar-refractivity contribution in [3.63, 3.8) is 0 Å². The Bertz CT molecular complexity index is 1180. The van der Waals surface area contributed by atoms with Crippen LogP contribution in [-0.2, 0) is 14.2 Å². The molecule has 0 saturated carbocycles. The van der Waals surface area contributed by atoms with E-state index >= 15 is 0 Å². The standard InChI is InChI=1S/C19H24N8O7/c1-2-33-19(31)11-10(24-26-25-11)15-22-16(21-8-3-4-32-6-8)12-17(23-15)27(7-20-12)18-14(30)13(29)9(5-28)34-18/h7-9,13-14,18,28-30H,2-6H2,1H3,(H,21,22,23)(H,24,25,26)/t8-,9?,13?,14?,18?/m1/s1. The third-order valence-corrected chi connectivity index (χ3v) is 5.71. The summed E-state index contributed by atoms with van der Waals surface area (Å²) < 4.78 is 17.6. The van der Waals surface area contributed by atoms with Gasteiger partial charge in [-0.05, 0) is 13.3 Å². The molecule has 2 aliphatic heterocycles. The summed E-state index contributed by atoms with van der Waals surface area (Å²) >= 11 is 0. The van der Waals surface area contributed by atoms with Gasteiger partial charge in [0.2, 0.25) is 5.69 Å². The molecule has 2 saturated heterocycles. The highest BCUT2D eigenvalue weighted by atomic mass is 16.6. The zero-order valence-electron chi connectivity index (χ0n) is 18.2. The summed E-state index contributed by atoms with van der Waals surface area (Å²) in [6.07, 6.45) is -2.52. The molecule has 5 heterocycles. The topological polar surface area (TPSA) is 203 Å². The van der Waals surface area contributed by atoms with Crippen LogP contribution in [-0.4, -0.2) is 107 Å². The van der Waals surface area contributed by atoms with Crippen molar-refractivity contribution in [3.05, 3.63) is 12.0 Å². The van der Waals surface area contributed by atoms with Crippen LogP contribution < -0.4 is 5.32 Å². The Morgan fingerprint density at radius 1 is 1.32 bits per heavy atom. The molecule has 15 nitrogen and oxygen atoms in total. The molecule has 0 radical (unpaired) electrons. The van der Waals surface area contributed by atoms with Crippen molar-refractivity contribution < 1.29 is 34.3 Å². The Morgan fingerprint density at radius 3 is 2.88 bits per heavy atom. The number of hydrogen-bond donors (Lipinski definition) is 5. The summed E-state index contributed by atoms with van der Waals surface area (Å²) in [7, 11) is 0. The first-order chi connectivity index (χ1) is 16.5. The lowest BCUT2D eigenvalue weighted by Gasteiger charge is -2.17. The van der Waals surface area contributed by atoms with Gasteiger partial charge >= 0.3 is 5.97 Å². The fourth-order valence-corrected chi connectivity index (χ4v) is 3.99. The Morgan fingerprint density at radius 2 is 2.18 bits per heavy atom. The average molecular weight is 476 g/mol. The Labute approximate surface area is 192 Å². The summed E-state index contributed by atoms with van der Waals surface area (Å²) in [6.45, 7) is 2.43. The van der Waals surface area contributed by atoms with Gasteiger partial charge in [-0.25, -0.2) is 19.7 Å². The first-order valence-corrected chi connectivity index (χ1v) is 10.8. The second-order valence-corrected chi connectivity index (χ2v) is 7.89. The zero-order valence-corrected chi connectivity index (χ0v) is 18.2. The lowest BCUT2D eigenvalue weighted by atomic mass is 10.1. The van der Waals surface area contributed by atoms with Crippen LogP contribution in [0.25, 0.3) is 22.7 Å². The second kappa shape index (κ2) is 9.19. The molecule has 4 unspecified atom stereocenters. The van der Waals surface area contributed by atoms with Crippen molar-refractivity contribution in [2.45, 2.75) is 43.9 Å². The van der Waals surface area contributed by atoms with Gasteiger partial charge in [0.15, 0.2) is 34.7 Å². The number of esters is 1. The van der Waals surface area contributed by atoms with E-state index in [1.165, 1.54) is 10.9 Å². The van der Waals surface area contributed by atoms with E-state index < -0.39 is 37.1 Å². The smallest absolute Gasteiger partial charge is 0.361 e. The van der Waals surface area contributed by atoms with Gasteiger partial charge in [-0.2, -0.15) is 10.3 Å². The van der Waals surface area contributed by atoms with Gasteiger partial charge in [-0.15, -0.1) is 5.10 Å². The quantitative estimate of drug-likeness (QED) is 0.249. The number of H-pyrrole nitrogens is 1. The summed E-state index contributed by atoms with van der Waals surface area (Å²) in [5, 5.41) is 43.8. The zero-order chi connectivity index (χ0) is 23.8. The monoisotopic (exact) mass is 476 g/mol. The number of ether oxygens (including phenoxy) is 3. The lowest BCUT2D eigenvalue weighted by molar-refractivity contribution is -0.0511. The van der Waals surface area contributed by atoms with E-state index in [0.29, 0.717) is 24.5 Å². The van der Waals surface area contributed by atoms with Gasteiger partial charge < -0.3 is 34.8 Å². The van der Waals surface area contributed by atoms with Crippen LogP contribution in [0.5, 0.6) is 0 Å². The fourth-order valence-electron chi connectivity index (χ4n) is 3.99. The van der Waals surface area contributed by atoms with E-state index in [-0.39, 0.29) is 35.5 Å². The molecule has 3 aromatic heterocycles. The molecule has 5 rings (SSSR count). The summed E-state index contributed by atoms with van der Waals surface area (Å²) in [5.41, 5.74) is 0.601. The highest BCUT2D eigenvalue weighted by molar-refractivity contribution is 5.94. The number of aliphatic hydroxyl groups is 3. The number of fused-ring (bicyclic) bond motifs is 1. The third-order valence-electron chi connectivity index (χ3n) is 5.71. The highest BCUT2D eigenvalue weighted by Crippen LogP contribution is 2.33. The maximum atomic E-state index is 12.3. The largest absolute Gasteiger partial charge is 0.461 e. The van der Waals surface area contributed by atoms with Crippen molar-refractivity contribution >= 4 is 23.0 Å². The van der Waals surface area contributed by atoms with Gasteiger partial charge in [0.1, 0.15) is 18.3 Å². The molecule has 3 aromatic rings. The van der Waals surface area contributed by atoms with Gasteiger partial charge in [-0.3, -0.25) is 4.57 Å². The van der Waals surface area contributed by atoms with Crippen molar-refractivity contribution in [2.75, 3.05) is 31.7 Å². The number of anilines is 1. The predicted octanol–water partition coefficient (Wildman–Crippen LogP) is -1.40. The van der Waals surface area contributed by atoms with E-state index in [2.05, 4.69) is 35.7 Å². The van der Waals surface area contributed by atoms with Crippen LogP contribution in [0.2, 0.25) is 0 Å². The molecular weight excluding hydrogens is 452 g/mol. The van der Waals surface area contributed by atoms with E-state index in [0.717, 1.165) is 6.42 Å². The maximum absolute atomic E-state index is 12.3. The van der Waals surface area contributed by atoms with Gasteiger partial charge in [0.25, 0.3) is 0 Å². The number of aromatic nitrogens is 7. The number of aromatic amines is 1. The number of hydrogen-bond acceptors (Lipinski definition) is 13. The molecule has 5 N–H and O–H groups in total. The Kier molecular flexibility index (Phi) is 6.09. The molecular formula is C19H24N8O7. The van der Waals surface area contributed by atoms with E-state index in [1.54, 1.807) is 6.92 Å². The minimum Gasteiger partial charge on any atom is -0.461 e. The summed E-state index contributed by atoms with van der Waals surface area (Å²) in [5.74, 6) is -0.274. The van der Waals surface area contributed by atoms with E-state index in [1.807, 2.05) is 0 Å². The first-order valence-electron chi connectivity index (χ1n) is 10.8. The number of carbonyl (C=O) groups excluding carboxylic acids is 1. The maximum Gasteiger partial charge on any atom is 0.361 e. The number of nitrogens with zero attached hydrogens (tertiary/aromatic N) is 6. The third kappa shape index (κ3) is 3.86. The number of carbonyl (C=O) groups is 1. The highest BCUT2D eigenvalue weighted by Gasteiger charge is 2.44. The fraction of sp³-hybridized carbons (Fsp3) is 0.579. The van der Waals surface area contributed by atoms with E-state index in [4.69, 9.17) is 14.2 Å². The Balaban J connectivity index is 1.62. The normalized spacial score (nSPS) is 26.9. The molecule has 182 valence electrons. The number of aliphatic hydroxyl groups excluding tert-OH is 3. The van der Waals surface area contributed by atoms with Crippen molar-refractivity contribution in [1.82, 2.24) is 34.9 Å². The molecule has 34 heavy (non-hydrogen) atoms. The number of nitrogens with one attached hydrogen (secondary N) is 2. The molecule has 2 fully saturated rings. The molecule has 5 atom stereocenters. The van der Waals surface area contributed by atoms with Gasteiger partial charge in [0, 0.05) is 6.61 Å². The predicted molar refractivity (Wildman–Crippen MR) is 113 cm³/mol. The molecule has 15 heteroatoms.